The summed E-state index contributed by atoms with van der Waals surface area (Å²) in [4.78, 5) is 39.2. The Bertz CT molecular complexity index is 675. The molecular weight excluding hydrogens is 368 g/mol. The highest BCUT2D eigenvalue weighted by molar-refractivity contribution is 8.03. The van der Waals surface area contributed by atoms with Gasteiger partial charge < -0.3 is 20.1 Å². The standard InChI is InChI=1S/C19H28N2O5S/c1-9(2)5-6-26-19(25)16-17(27-12-7-13(23)20-8-12)10(3)15-14(11(4)22)18(24)21(15)16/h9-12,14-15,22H,5-8H2,1-4H3,(H,20,23)/t10-,11-,12?,14?,15?/m1/s1. The van der Waals surface area contributed by atoms with Crippen molar-refractivity contribution in [2.75, 3.05) is 13.2 Å². The molecule has 3 rings (SSSR count). The van der Waals surface area contributed by atoms with Gasteiger partial charge in [0.15, 0.2) is 0 Å². The van der Waals surface area contributed by atoms with Crippen molar-refractivity contribution in [3.8, 4) is 0 Å². The molecule has 7 nitrogen and oxygen atoms in total. The molecule has 0 aromatic heterocycles. The molecule has 0 spiro atoms. The molecule has 2 saturated heterocycles. The molecule has 0 saturated carbocycles. The monoisotopic (exact) mass is 396 g/mol. The summed E-state index contributed by atoms with van der Waals surface area (Å²) in [6, 6.07) is -0.224. The Labute approximate surface area is 163 Å². The lowest BCUT2D eigenvalue weighted by atomic mass is 9.79. The summed E-state index contributed by atoms with van der Waals surface area (Å²) in [5, 5.41) is 12.8. The molecule has 3 unspecified atom stereocenters. The van der Waals surface area contributed by atoms with E-state index in [1.54, 1.807) is 6.92 Å². The summed E-state index contributed by atoms with van der Waals surface area (Å²) in [5.74, 6) is -0.871. The summed E-state index contributed by atoms with van der Waals surface area (Å²) in [6.45, 7) is 8.55. The number of ether oxygens (including phenoxy) is 1. The number of thioether (sulfide) groups is 1. The number of aliphatic hydroxyl groups excluding tert-OH is 1. The maximum Gasteiger partial charge on any atom is 0.355 e. The van der Waals surface area contributed by atoms with Crippen LogP contribution in [0, 0.1) is 17.8 Å². The highest BCUT2D eigenvalue weighted by Gasteiger charge is 2.60. The highest BCUT2D eigenvalue weighted by Crippen LogP contribution is 2.51. The van der Waals surface area contributed by atoms with Crippen molar-refractivity contribution in [2.45, 2.75) is 57.9 Å². The molecule has 3 heterocycles. The maximum absolute atomic E-state index is 12.8. The van der Waals surface area contributed by atoms with Gasteiger partial charge in [0, 0.05) is 29.0 Å². The third-order valence-corrected chi connectivity index (χ3v) is 6.95. The van der Waals surface area contributed by atoms with Gasteiger partial charge >= 0.3 is 5.97 Å². The van der Waals surface area contributed by atoms with Crippen LogP contribution in [0.1, 0.15) is 40.5 Å². The van der Waals surface area contributed by atoms with Crippen molar-refractivity contribution < 1.29 is 24.2 Å². The number of nitrogens with one attached hydrogen (secondary N) is 1. The molecule has 3 aliphatic heterocycles. The van der Waals surface area contributed by atoms with E-state index in [9.17, 15) is 19.5 Å². The lowest BCUT2D eigenvalue weighted by Gasteiger charge is -2.46. The number of carbonyl (C=O) groups excluding carboxylic acids is 3. The van der Waals surface area contributed by atoms with Gasteiger partial charge in [-0.15, -0.1) is 11.8 Å². The number of nitrogens with zero attached hydrogens (tertiary/aromatic N) is 1. The quantitative estimate of drug-likeness (QED) is 0.497. The maximum atomic E-state index is 12.8. The summed E-state index contributed by atoms with van der Waals surface area (Å²) < 4.78 is 5.45. The van der Waals surface area contributed by atoms with Gasteiger partial charge in [0.25, 0.3) is 0 Å². The van der Waals surface area contributed by atoms with Gasteiger partial charge in [0.1, 0.15) is 5.70 Å². The Morgan fingerprint density at radius 3 is 2.63 bits per heavy atom. The Kier molecular flexibility index (Phi) is 5.86. The van der Waals surface area contributed by atoms with Crippen LogP contribution in [-0.4, -0.2) is 58.3 Å². The van der Waals surface area contributed by atoms with Crippen molar-refractivity contribution in [1.29, 1.82) is 0 Å². The van der Waals surface area contributed by atoms with E-state index < -0.39 is 18.0 Å². The molecule has 3 aliphatic rings. The van der Waals surface area contributed by atoms with Gasteiger partial charge in [-0.3, -0.25) is 9.59 Å². The zero-order valence-corrected chi connectivity index (χ0v) is 17.0. The van der Waals surface area contributed by atoms with Crippen LogP contribution in [-0.2, 0) is 19.1 Å². The number of carbonyl (C=O) groups is 3. The number of amides is 2. The van der Waals surface area contributed by atoms with Crippen molar-refractivity contribution in [3.05, 3.63) is 10.6 Å². The van der Waals surface area contributed by atoms with E-state index in [1.807, 2.05) is 6.92 Å². The van der Waals surface area contributed by atoms with Crippen molar-refractivity contribution in [1.82, 2.24) is 10.2 Å². The summed E-state index contributed by atoms with van der Waals surface area (Å²) in [7, 11) is 0. The number of β-lactam (4-membered cyclic amide) rings is 1. The molecule has 2 fully saturated rings. The molecule has 8 heteroatoms. The van der Waals surface area contributed by atoms with Crippen LogP contribution in [0.15, 0.2) is 10.6 Å². The summed E-state index contributed by atoms with van der Waals surface area (Å²) >= 11 is 1.49. The molecule has 0 aromatic rings. The van der Waals surface area contributed by atoms with Crippen LogP contribution in [0.2, 0.25) is 0 Å². The first-order valence-electron chi connectivity index (χ1n) is 9.58. The van der Waals surface area contributed by atoms with Crippen LogP contribution in [0.4, 0.5) is 0 Å². The van der Waals surface area contributed by atoms with E-state index in [0.717, 1.165) is 11.3 Å². The van der Waals surface area contributed by atoms with Crippen molar-refractivity contribution in [2.24, 2.45) is 17.8 Å². The van der Waals surface area contributed by atoms with Gasteiger partial charge in [-0.05, 0) is 19.3 Å². The molecule has 2 amide bonds. The number of esters is 1. The Balaban J connectivity index is 1.83. The zero-order valence-electron chi connectivity index (χ0n) is 16.2. The van der Waals surface area contributed by atoms with Gasteiger partial charge in [0.05, 0.1) is 24.7 Å². The average molecular weight is 397 g/mol. The normalized spacial score (nSPS) is 31.1. The molecule has 0 aliphatic carbocycles. The van der Waals surface area contributed by atoms with Gasteiger partial charge in [-0.25, -0.2) is 4.79 Å². The van der Waals surface area contributed by atoms with E-state index in [2.05, 4.69) is 19.2 Å². The van der Waals surface area contributed by atoms with E-state index in [0.29, 0.717) is 31.2 Å². The predicted octanol–water partition coefficient (Wildman–Crippen LogP) is 1.27. The first kappa shape index (κ1) is 20.2. The molecule has 2 N–H and O–H groups in total. The topological polar surface area (TPSA) is 95.9 Å². The second kappa shape index (κ2) is 7.83. The lowest BCUT2D eigenvalue weighted by molar-refractivity contribution is -0.164. The SMILES string of the molecule is CC(C)CCOC(=O)C1=C(SC2CNC(=O)C2)[C@H](C)C2C([C@@H](C)O)C(=O)N12. The number of rotatable bonds is 7. The van der Waals surface area contributed by atoms with Crippen LogP contribution in [0.5, 0.6) is 0 Å². The van der Waals surface area contributed by atoms with Crippen LogP contribution >= 0.6 is 11.8 Å². The van der Waals surface area contributed by atoms with E-state index in [-0.39, 0.29) is 29.0 Å². The van der Waals surface area contributed by atoms with Crippen LogP contribution in [0.25, 0.3) is 0 Å². The number of aliphatic hydroxyl groups is 1. The number of hydrogen-bond acceptors (Lipinski definition) is 6. The summed E-state index contributed by atoms with van der Waals surface area (Å²) in [6.07, 6.45) is 0.388. The minimum atomic E-state index is -0.765. The zero-order chi connectivity index (χ0) is 19.9. The fourth-order valence-electron chi connectivity index (χ4n) is 3.97. The predicted molar refractivity (Wildman–Crippen MR) is 101 cm³/mol. The Morgan fingerprint density at radius 1 is 1.37 bits per heavy atom. The fourth-order valence-corrected chi connectivity index (χ4v) is 5.37. The largest absolute Gasteiger partial charge is 0.461 e. The van der Waals surface area contributed by atoms with Crippen LogP contribution < -0.4 is 5.32 Å². The van der Waals surface area contributed by atoms with E-state index >= 15 is 0 Å². The fraction of sp³-hybridized carbons (Fsp3) is 0.737. The third kappa shape index (κ3) is 3.74. The molecule has 0 bridgehead atoms. The minimum Gasteiger partial charge on any atom is -0.461 e. The Hall–Kier alpha value is -1.54. The number of fused-ring (bicyclic) bond motifs is 1. The smallest absolute Gasteiger partial charge is 0.355 e. The highest BCUT2D eigenvalue weighted by atomic mass is 32.2. The van der Waals surface area contributed by atoms with E-state index in [1.165, 1.54) is 16.7 Å². The third-order valence-electron chi connectivity index (χ3n) is 5.46. The second-order valence-corrected chi connectivity index (χ2v) is 9.38. The lowest BCUT2D eigenvalue weighted by Crippen LogP contribution is -2.63. The molecule has 27 heavy (non-hydrogen) atoms. The van der Waals surface area contributed by atoms with Gasteiger partial charge in [0.2, 0.25) is 11.8 Å². The molecule has 150 valence electrons. The van der Waals surface area contributed by atoms with E-state index in [4.69, 9.17) is 4.74 Å². The first-order valence-corrected chi connectivity index (χ1v) is 10.5. The first-order chi connectivity index (χ1) is 12.7. The minimum absolute atomic E-state index is 0.000946. The van der Waals surface area contributed by atoms with Crippen molar-refractivity contribution >= 4 is 29.5 Å². The molecular formula is C19H28N2O5S. The summed E-state index contributed by atoms with van der Waals surface area (Å²) in [5.41, 5.74) is 0.308. The van der Waals surface area contributed by atoms with Crippen LogP contribution in [0.3, 0.4) is 0 Å². The van der Waals surface area contributed by atoms with Crippen molar-refractivity contribution in [3.63, 3.8) is 0 Å². The molecule has 0 aromatic carbocycles. The Morgan fingerprint density at radius 2 is 2.07 bits per heavy atom. The van der Waals surface area contributed by atoms with Gasteiger partial charge in [-0.2, -0.15) is 0 Å². The molecule has 5 atom stereocenters. The molecule has 0 radical (unpaired) electrons. The van der Waals surface area contributed by atoms with Gasteiger partial charge in [-0.1, -0.05) is 20.8 Å². The average Bonchev–Trinajstić information content (AvgIpc) is 3.08. The second-order valence-electron chi connectivity index (χ2n) is 8.03. The number of hydrogen-bond donors (Lipinski definition) is 2.